The first-order chi connectivity index (χ1) is 26.7. The van der Waals surface area contributed by atoms with Crippen molar-refractivity contribution in [1.82, 2.24) is 9.13 Å². The molecule has 0 aliphatic carbocycles. The maximum Gasteiger partial charge on any atom is 0.154 e. The van der Waals surface area contributed by atoms with E-state index in [0.717, 1.165) is 69.1 Å². The summed E-state index contributed by atoms with van der Waals surface area (Å²) >= 11 is 0. The van der Waals surface area contributed by atoms with Crippen LogP contribution in [-0.4, -0.2) is 9.13 Å². The van der Waals surface area contributed by atoms with Crippen molar-refractivity contribution >= 4 is 71.7 Å². The van der Waals surface area contributed by atoms with Crippen LogP contribution in [0.5, 0.6) is 0 Å². The summed E-state index contributed by atoms with van der Waals surface area (Å²) in [6.45, 7) is 8.72. The fourth-order valence-corrected chi connectivity index (χ4v) is 8.65. The Balaban J connectivity index is 0.00000178. The molecule has 11 rings (SSSR count). The van der Waals surface area contributed by atoms with Gasteiger partial charge in [0.2, 0.25) is 0 Å². The summed E-state index contributed by atoms with van der Waals surface area (Å²) in [6.07, 6.45) is 1.81. The summed E-state index contributed by atoms with van der Waals surface area (Å²) in [5, 5.41) is 6.08. The van der Waals surface area contributed by atoms with Gasteiger partial charge in [0.05, 0.1) is 27.8 Å². The van der Waals surface area contributed by atoms with Crippen LogP contribution in [-0.2, 0) is 12.8 Å². The third kappa shape index (κ3) is 4.77. The molecule has 1 aliphatic rings. The Hall–Kier alpha value is -6.78. The number of anilines is 2. The number of para-hydroxylation sites is 5. The molecule has 4 heterocycles. The number of hydrogen-bond acceptors (Lipinski definition) is 2. The predicted molar refractivity (Wildman–Crippen MR) is 228 cm³/mol. The first-order valence-corrected chi connectivity index (χ1v) is 18.9. The van der Waals surface area contributed by atoms with E-state index in [-0.39, 0.29) is 0 Å². The molecule has 0 radical (unpaired) electrons. The van der Waals surface area contributed by atoms with E-state index >= 15 is 0 Å². The lowest BCUT2D eigenvalue weighted by atomic mass is 9.96. The van der Waals surface area contributed by atoms with Crippen molar-refractivity contribution < 1.29 is 4.42 Å². The van der Waals surface area contributed by atoms with Crippen molar-refractivity contribution in [3.63, 3.8) is 0 Å². The molecule has 7 aromatic carbocycles. The van der Waals surface area contributed by atoms with Gasteiger partial charge in [-0.05, 0) is 85.1 Å². The molecule has 0 N–H and O–H groups in total. The fraction of sp³-hybridized carbons (Fsp3) is 0.0800. The molecule has 4 nitrogen and oxygen atoms in total. The minimum Gasteiger partial charge on any atom is -0.454 e. The van der Waals surface area contributed by atoms with Crippen molar-refractivity contribution in [1.29, 1.82) is 0 Å². The normalized spacial score (nSPS) is 12.9. The molecule has 1 aliphatic heterocycles. The van der Waals surface area contributed by atoms with Gasteiger partial charge in [-0.15, -0.1) is 0 Å². The minimum atomic E-state index is 0.841. The van der Waals surface area contributed by atoms with E-state index < -0.39 is 0 Å². The molecule has 0 bridgehead atoms. The largest absolute Gasteiger partial charge is 0.454 e. The van der Waals surface area contributed by atoms with E-state index in [0.29, 0.717) is 0 Å². The van der Waals surface area contributed by atoms with E-state index in [2.05, 4.69) is 172 Å². The fourth-order valence-electron chi connectivity index (χ4n) is 8.65. The van der Waals surface area contributed by atoms with Crippen molar-refractivity contribution in [3.8, 4) is 11.4 Å². The van der Waals surface area contributed by atoms with Crippen LogP contribution in [0.25, 0.3) is 71.7 Å². The second-order valence-corrected chi connectivity index (χ2v) is 13.8. The molecule has 260 valence electrons. The standard InChI is InChI=1S/C48H33N3O.C2H6/c1-31-48-40(39-18-8-12-22-47(39)52-48)26-23-32-13-5-9-19-42(32)49(31)35-24-27-38-41-29-34(25-28-45(41)50(46(38)30-35)33-14-3-2-4-15-33)51-43-20-10-6-16-36(43)37-17-7-11-21-44(37)51;1-2/h2-22,24-25,27-30H,1,23,26H2;1-2H3. The molecule has 0 saturated heterocycles. The molecule has 0 spiro atoms. The average Bonchev–Trinajstić information content (AvgIpc) is 3.88. The van der Waals surface area contributed by atoms with Crippen molar-refractivity contribution in [2.75, 3.05) is 4.90 Å². The number of furan rings is 1. The maximum atomic E-state index is 6.59. The average molecular weight is 698 g/mol. The first kappa shape index (κ1) is 31.9. The zero-order valence-electron chi connectivity index (χ0n) is 30.5. The first-order valence-electron chi connectivity index (χ1n) is 18.9. The highest BCUT2D eigenvalue weighted by Gasteiger charge is 2.27. The van der Waals surface area contributed by atoms with Crippen LogP contribution in [0.2, 0.25) is 0 Å². The second-order valence-electron chi connectivity index (χ2n) is 13.8. The van der Waals surface area contributed by atoms with Gasteiger partial charge in [0.15, 0.2) is 5.76 Å². The number of benzene rings is 7. The van der Waals surface area contributed by atoms with Crippen LogP contribution < -0.4 is 4.90 Å². The Morgan fingerprint density at radius 3 is 1.83 bits per heavy atom. The molecule has 0 fully saturated rings. The van der Waals surface area contributed by atoms with Crippen LogP contribution in [0.15, 0.2) is 175 Å². The summed E-state index contributed by atoms with van der Waals surface area (Å²) in [7, 11) is 0. The molecular weight excluding hydrogens is 659 g/mol. The lowest BCUT2D eigenvalue weighted by Gasteiger charge is -2.30. The van der Waals surface area contributed by atoms with Crippen LogP contribution >= 0.6 is 0 Å². The van der Waals surface area contributed by atoms with E-state index in [1.807, 2.05) is 19.9 Å². The Labute approximate surface area is 314 Å². The third-order valence-corrected chi connectivity index (χ3v) is 11.0. The van der Waals surface area contributed by atoms with Crippen molar-refractivity contribution in [3.05, 3.63) is 187 Å². The van der Waals surface area contributed by atoms with Crippen molar-refractivity contribution in [2.45, 2.75) is 26.7 Å². The smallest absolute Gasteiger partial charge is 0.154 e. The zero-order chi connectivity index (χ0) is 36.3. The van der Waals surface area contributed by atoms with Gasteiger partial charge < -0.3 is 18.5 Å². The number of nitrogens with zero attached hydrogens (tertiary/aromatic N) is 3. The van der Waals surface area contributed by atoms with E-state index in [1.165, 1.54) is 43.7 Å². The predicted octanol–water partition coefficient (Wildman–Crippen LogP) is 13.6. The Bertz CT molecular complexity index is 3000. The topological polar surface area (TPSA) is 26.2 Å². The molecule has 3 aromatic heterocycles. The molecule has 4 heteroatoms. The zero-order valence-corrected chi connectivity index (χ0v) is 30.5. The quantitative estimate of drug-likeness (QED) is 0.184. The van der Waals surface area contributed by atoms with Gasteiger partial charge in [0.25, 0.3) is 0 Å². The molecular formula is C50H39N3O. The van der Waals surface area contributed by atoms with Crippen LogP contribution in [0.1, 0.15) is 30.7 Å². The summed E-state index contributed by atoms with van der Waals surface area (Å²) in [4.78, 5) is 2.30. The molecule has 0 unspecified atom stereocenters. The number of aromatic nitrogens is 2. The minimum absolute atomic E-state index is 0.841. The van der Waals surface area contributed by atoms with Gasteiger partial charge in [0.1, 0.15) is 5.58 Å². The number of hydrogen-bond donors (Lipinski definition) is 0. The van der Waals surface area contributed by atoms with Gasteiger partial charge in [0, 0.05) is 55.2 Å². The van der Waals surface area contributed by atoms with E-state index in [9.17, 15) is 0 Å². The van der Waals surface area contributed by atoms with Gasteiger partial charge in [-0.25, -0.2) is 0 Å². The van der Waals surface area contributed by atoms with Gasteiger partial charge >= 0.3 is 0 Å². The summed E-state index contributed by atoms with van der Waals surface area (Å²) in [5.74, 6) is 0.857. The number of aryl methyl sites for hydroxylation is 2. The summed E-state index contributed by atoms with van der Waals surface area (Å²) in [5.41, 5.74) is 13.4. The van der Waals surface area contributed by atoms with Crippen LogP contribution in [0, 0.1) is 0 Å². The highest BCUT2D eigenvalue weighted by Crippen LogP contribution is 2.45. The van der Waals surface area contributed by atoms with E-state index in [1.54, 1.807) is 0 Å². The molecule has 10 aromatic rings. The third-order valence-electron chi connectivity index (χ3n) is 11.0. The SMILES string of the molecule is C=C1c2oc3ccccc3c2CCc2ccccc2N1c1ccc2c3cc(-n4c5ccccc5c5ccccc54)ccc3n(-c3ccccc3)c2c1.CC. The monoisotopic (exact) mass is 697 g/mol. The van der Waals surface area contributed by atoms with Gasteiger partial charge in [-0.2, -0.15) is 0 Å². The Morgan fingerprint density at radius 2 is 1.06 bits per heavy atom. The highest BCUT2D eigenvalue weighted by molar-refractivity contribution is 6.13. The summed E-state index contributed by atoms with van der Waals surface area (Å²) < 4.78 is 11.4. The Morgan fingerprint density at radius 1 is 0.463 bits per heavy atom. The lowest BCUT2D eigenvalue weighted by molar-refractivity contribution is 0.591. The molecule has 0 amide bonds. The van der Waals surface area contributed by atoms with E-state index in [4.69, 9.17) is 11.0 Å². The van der Waals surface area contributed by atoms with Crippen LogP contribution in [0.3, 0.4) is 0 Å². The van der Waals surface area contributed by atoms with Gasteiger partial charge in [-0.1, -0.05) is 117 Å². The highest BCUT2D eigenvalue weighted by atomic mass is 16.3. The second kappa shape index (κ2) is 12.7. The number of fused-ring (bicyclic) bond motifs is 10. The molecule has 0 atom stereocenters. The number of rotatable bonds is 3. The molecule has 54 heavy (non-hydrogen) atoms. The maximum absolute atomic E-state index is 6.59. The van der Waals surface area contributed by atoms with Gasteiger partial charge in [-0.3, -0.25) is 0 Å². The lowest BCUT2D eigenvalue weighted by Crippen LogP contribution is -2.19. The van der Waals surface area contributed by atoms with Crippen molar-refractivity contribution in [2.24, 2.45) is 0 Å². The molecule has 0 saturated carbocycles. The Kier molecular flexibility index (Phi) is 7.51. The van der Waals surface area contributed by atoms with Crippen LogP contribution in [0.4, 0.5) is 11.4 Å². The summed E-state index contributed by atoms with van der Waals surface area (Å²) in [6, 6.07) is 58.9.